The van der Waals surface area contributed by atoms with Crippen molar-refractivity contribution in [2.75, 3.05) is 0 Å². The molecule has 0 amide bonds. The summed E-state index contributed by atoms with van der Waals surface area (Å²) in [7, 11) is 0. The van der Waals surface area contributed by atoms with Gasteiger partial charge >= 0.3 is 0 Å². The molecule has 0 saturated heterocycles. The second-order valence-corrected chi connectivity index (χ2v) is 6.30. The van der Waals surface area contributed by atoms with Crippen molar-refractivity contribution in [2.24, 2.45) is 5.73 Å². The molecule has 0 aromatic heterocycles. The number of benzene rings is 2. The molecular weight excluding hydrogens is 338 g/mol. The second-order valence-electron chi connectivity index (χ2n) is 4.95. The number of ether oxygens (including phenoxy) is 1. The lowest BCUT2D eigenvalue weighted by Crippen LogP contribution is -2.18. The van der Waals surface area contributed by atoms with E-state index in [0.29, 0.717) is 5.02 Å². The summed E-state index contributed by atoms with van der Waals surface area (Å²) in [5, 5.41) is 0.695. The minimum atomic E-state index is 0.0573. The lowest BCUT2D eigenvalue weighted by atomic mass is 10.1. The molecule has 0 heterocycles. The maximum absolute atomic E-state index is 6.05. The van der Waals surface area contributed by atoms with Gasteiger partial charge in [-0.3, -0.25) is 0 Å². The van der Waals surface area contributed by atoms with Gasteiger partial charge in [0, 0.05) is 15.5 Å². The molecule has 1 unspecified atom stereocenters. The smallest absolute Gasteiger partial charge is 0.130 e. The molecule has 2 aromatic carbocycles. The number of nitrogens with two attached hydrogens (primary N) is 1. The van der Waals surface area contributed by atoms with E-state index in [1.165, 1.54) is 0 Å². The van der Waals surface area contributed by atoms with Gasteiger partial charge in [0.05, 0.1) is 0 Å². The predicted molar refractivity (Wildman–Crippen MR) is 87.8 cm³/mol. The van der Waals surface area contributed by atoms with Crippen LogP contribution in [0.5, 0.6) is 11.5 Å². The molecule has 0 aliphatic rings. The van der Waals surface area contributed by atoms with E-state index in [1.54, 1.807) is 0 Å². The average molecular weight is 355 g/mol. The van der Waals surface area contributed by atoms with Crippen molar-refractivity contribution < 1.29 is 4.74 Å². The lowest BCUT2D eigenvalue weighted by Gasteiger charge is -2.15. The van der Waals surface area contributed by atoms with Crippen LogP contribution in [0.2, 0.25) is 5.02 Å². The highest BCUT2D eigenvalue weighted by molar-refractivity contribution is 9.10. The van der Waals surface area contributed by atoms with Crippen LogP contribution in [0.15, 0.2) is 40.9 Å². The summed E-state index contributed by atoms with van der Waals surface area (Å²) in [6.45, 7) is 3.98. The first-order valence-corrected chi connectivity index (χ1v) is 7.61. The van der Waals surface area contributed by atoms with Crippen LogP contribution in [-0.2, 0) is 6.42 Å². The minimum absolute atomic E-state index is 0.0573. The molecule has 0 aliphatic heterocycles. The summed E-state index contributed by atoms with van der Waals surface area (Å²) >= 11 is 9.50. The Balaban J connectivity index is 2.32. The molecule has 0 bridgehead atoms. The Morgan fingerprint density at radius 2 is 1.90 bits per heavy atom. The van der Waals surface area contributed by atoms with Crippen LogP contribution in [0.25, 0.3) is 0 Å². The Morgan fingerprint density at radius 1 is 1.20 bits per heavy atom. The Labute approximate surface area is 133 Å². The second kappa shape index (κ2) is 6.61. The number of hydrogen-bond donors (Lipinski definition) is 1. The molecule has 0 radical (unpaired) electrons. The van der Waals surface area contributed by atoms with Gasteiger partial charge in [-0.25, -0.2) is 0 Å². The molecule has 106 valence electrons. The lowest BCUT2D eigenvalue weighted by molar-refractivity contribution is 0.470. The van der Waals surface area contributed by atoms with Crippen molar-refractivity contribution in [3.05, 3.63) is 57.0 Å². The molecule has 0 spiro atoms. The molecule has 20 heavy (non-hydrogen) atoms. The zero-order chi connectivity index (χ0) is 14.7. The maximum Gasteiger partial charge on any atom is 0.130 e. The number of hydrogen-bond acceptors (Lipinski definition) is 2. The van der Waals surface area contributed by atoms with Crippen molar-refractivity contribution in [2.45, 2.75) is 26.3 Å². The monoisotopic (exact) mass is 353 g/mol. The van der Waals surface area contributed by atoms with E-state index in [0.717, 1.165) is 33.5 Å². The van der Waals surface area contributed by atoms with Crippen molar-refractivity contribution >= 4 is 27.5 Å². The quantitative estimate of drug-likeness (QED) is 0.829. The first-order chi connectivity index (χ1) is 9.45. The van der Waals surface area contributed by atoms with Crippen LogP contribution in [0, 0.1) is 6.92 Å². The molecule has 2 N–H and O–H groups in total. The summed E-state index contributed by atoms with van der Waals surface area (Å²) < 4.78 is 7.05. The standard InChI is InChI=1S/C16H17BrClNO/c1-10-7-13(17)3-5-15(10)20-16-6-4-14(18)9-12(16)8-11(2)19/h3-7,9,11H,8,19H2,1-2H3. The van der Waals surface area contributed by atoms with E-state index in [2.05, 4.69) is 15.9 Å². The summed E-state index contributed by atoms with van der Waals surface area (Å²) in [6.07, 6.45) is 0.728. The molecule has 0 fully saturated rings. The van der Waals surface area contributed by atoms with Gasteiger partial charge in [-0.1, -0.05) is 27.5 Å². The van der Waals surface area contributed by atoms with Crippen molar-refractivity contribution in [3.8, 4) is 11.5 Å². The zero-order valence-corrected chi connectivity index (χ0v) is 13.8. The SMILES string of the molecule is Cc1cc(Br)ccc1Oc1ccc(Cl)cc1CC(C)N. The highest BCUT2D eigenvalue weighted by Gasteiger charge is 2.10. The van der Waals surface area contributed by atoms with E-state index in [1.807, 2.05) is 50.2 Å². The van der Waals surface area contributed by atoms with Gasteiger partial charge in [-0.05, 0) is 67.8 Å². The van der Waals surface area contributed by atoms with Gasteiger partial charge in [0.1, 0.15) is 11.5 Å². The largest absolute Gasteiger partial charge is 0.457 e. The van der Waals surface area contributed by atoms with Crippen LogP contribution in [-0.4, -0.2) is 6.04 Å². The first-order valence-electron chi connectivity index (χ1n) is 6.43. The van der Waals surface area contributed by atoms with Gasteiger partial charge in [0.25, 0.3) is 0 Å². The number of rotatable bonds is 4. The molecular formula is C16H17BrClNO. The first kappa shape index (κ1) is 15.4. The Hall–Kier alpha value is -1.03. The van der Waals surface area contributed by atoms with Gasteiger partial charge < -0.3 is 10.5 Å². The van der Waals surface area contributed by atoms with Crippen molar-refractivity contribution in [1.82, 2.24) is 0 Å². The normalized spacial score (nSPS) is 12.2. The van der Waals surface area contributed by atoms with Gasteiger partial charge in [-0.2, -0.15) is 0 Å². The van der Waals surface area contributed by atoms with Crippen LogP contribution in [0.3, 0.4) is 0 Å². The van der Waals surface area contributed by atoms with Crippen LogP contribution < -0.4 is 10.5 Å². The van der Waals surface area contributed by atoms with E-state index >= 15 is 0 Å². The third-order valence-electron chi connectivity index (χ3n) is 2.92. The topological polar surface area (TPSA) is 35.2 Å². The number of halogens is 2. The molecule has 4 heteroatoms. The highest BCUT2D eigenvalue weighted by Crippen LogP contribution is 2.31. The molecule has 1 atom stereocenters. The molecule has 2 nitrogen and oxygen atoms in total. The van der Waals surface area contributed by atoms with Gasteiger partial charge in [0.15, 0.2) is 0 Å². The molecule has 2 rings (SSSR count). The van der Waals surface area contributed by atoms with Crippen LogP contribution in [0.4, 0.5) is 0 Å². The van der Waals surface area contributed by atoms with E-state index in [9.17, 15) is 0 Å². The fourth-order valence-corrected chi connectivity index (χ4v) is 2.67. The summed E-state index contributed by atoms with van der Waals surface area (Å²) in [4.78, 5) is 0. The average Bonchev–Trinajstić information content (AvgIpc) is 2.34. The van der Waals surface area contributed by atoms with Crippen molar-refractivity contribution in [3.63, 3.8) is 0 Å². The molecule has 2 aromatic rings. The number of aryl methyl sites for hydroxylation is 1. The summed E-state index contributed by atoms with van der Waals surface area (Å²) in [5.74, 6) is 1.64. The zero-order valence-electron chi connectivity index (χ0n) is 11.5. The fraction of sp³-hybridized carbons (Fsp3) is 0.250. The molecule has 0 saturated carbocycles. The predicted octanol–water partition coefficient (Wildman–Crippen LogP) is 5.09. The minimum Gasteiger partial charge on any atom is -0.457 e. The Kier molecular flexibility index (Phi) is 5.08. The molecule has 0 aliphatic carbocycles. The highest BCUT2D eigenvalue weighted by atomic mass is 79.9. The Morgan fingerprint density at radius 3 is 2.55 bits per heavy atom. The van der Waals surface area contributed by atoms with Gasteiger partial charge in [-0.15, -0.1) is 0 Å². The van der Waals surface area contributed by atoms with E-state index in [4.69, 9.17) is 22.1 Å². The van der Waals surface area contributed by atoms with Crippen molar-refractivity contribution in [1.29, 1.82) is 0 Å². The van der Waals surface area contributed by atoms with E-state index < -0.39 is 0 Å². The summed E-state index contributed by atoms with van der Waals surface area (Å²) in [6, 6.07) is 11.6. The summed E-state index contributed by atoms with van der Waals surface area (Å²) in [5.41, 5.74) is 7.98. The maximum atomic E-state index is 6.05. The fourth-order valence-electron chi connectivity index (χ4n) is 2.00. The van der Waals surface area contributed by atoms with E-state index in [-0.39, 0.29) is 6.04 Å². The third kappa shape index (κ3) is 3.98. The van der Waals surface area contributed by atoms with Crippen LogP contribution >= 0.6 is 27.5 Å². The Bertz CT molecular complexity index is 613. The van der Waals surface area contributed by atoms with Gasteiger partial charge in [0.2, 0.25) is 0 Å². The van der Waals surface area contributed by atoms with Crippen LogP contribution in [0.1, 0.15) is 18.1 Å². The third-order valence-corrected chi connectivity index (χ3v) is 3.65.